The Hall–Kier alpha value is -1.80. The monoisotopic (exact) mass is 331 g/mol. The molecule has 9 heteroatoms. The van der Waals surface area contributed by atoms with Gasteiger partial charge >= 0.3 is 18.0 Å². The third-order valence-electron chi connectivity index (χ3n) is 2.97. The Morgan fingerprint density at radius 3 is 2.00 bits per heavy atom. The van der Waals surface area contributed by atoms with Gasteiger partial charge in [-0.25, -0.2) is 0 Å². The highest BCUT2D eigenvalue weighted by molar-refractivity contribution is 5.84. The van der Waals surface area contributed by atoms with Crippen LogP contribution in [0.25, 0.3) is 0 Å². The van der Waals surface area contributed by atoms with Crippen LogP contribution >= 0.6 is 0 Å². The number of nitrogens with one attached hydrogen (secondary N) is 1. The molecule has 0 aliphatic carbocycles. The summed E-state index contributed by atoms with van der Waals surface area (Å²) in [4.78, 5) is 11.1. The normalized spacial score (nSPS) is 14.5. The third kappa shape index (κ3) is 3.50. The van der Waals surface area contributed by atoms with E-state index >= 15 is 0 Å². The van der Waals surface area contributed by atoms with Gasteiger partial charge in [0.05, 0.1) is 0 Å². The SMILES string of the molecule is C[C@@H](CNC(=O)C(F)(F)C(F)(F)C(F)(F)F)c1ccccc1. The second kappa shape index (κ2) is 6.13. The summed E-state index contributed by atoms with van der Waals surface area (Å²) in [7, 11) is 0. The quantitative estimate of drug-likeness (QED) is 0.818. The predicted octanol–water partition coefficient (Wildman–Crippen LogP) is 3.74. The highest BCUT2D eigenvalue weighted by Crippen LogP contribution is 2.46. The lowest BCUT2D eigenvalue weighted by molar-refractivity contribution is -0.344. The van der Waals surface area contributed by atoms with Crippen LogP contribution in [0, 0.1) is 0 Å². The first kappa shape index (κ1) is 18.2. The van der Waals surface area contributed by atoms with E-state index in [9.17, 15) is 35.5 Å². The van der Waals surface area contributed by atoms with Crippen molar-refractivity contribution in [1.29, 1.82) is 0 Å². The van der Waals surface area contributed by atoms with Crippen LogP contribution in [0.3, 0.4) is 0 Å². The van der Waals surface area contributed by atoms with Gasteiger partial charge in [0.25, 0.3) is 5.91 Å². The molecule has 0 aliphatic heterocycles. The molecule has 1 amide bonds. The van der Waals surface area contributed by atoms with Gasteiger partial charge < -0.3 is 5.32 Å². The number of benzene rings is 1. The molecule has 0 spiro atoms. The van der Waals surface area contributed by atoms with Crippen molar-refractivity contribution in [2.24, 2.45) is 0 Å². The van der Waals surface area contributed by atoms with Crippen LogP contribution in [0.2, 0.25) is 0 Å². The minimum Gasteiger partial charge on any atom is -0.350 e. The number of carbonyl (C=O) groups excluding carboxylic acids is 1. The number of rotatable bonds is 5. The number of hydrogen-bond donors (Lipinski definition) is 1. The van der Waals surface area contributed by atoms with E-state index in [0.717, 1.165) is 0 Å². The molecule has 0 saturated carbocycles. The average molecular weight is 331 g/mol. The van der Waals surface area contributed by atoms with Crippen LogP contribution < -0.4 is 5.32 Å². The summed E-state index contributed by atoms with van der Waals surface area (Å²) in [6, 6.07) is 8.12. The Kier molecular flexibility index (Phi) is 5.09. The van der Waals surface area contributed by atoms with E-state index in [1.807, 2.05) is 0 Å². The van der Waals surface area contributed by atoms with E-state index < -0.39 is 36.4 Å². The molecule has 0 radical (unpaired) electrons. The zero-order valence-corrected chi connectivity index (χ0v) is 11.2. The summed E-state index contributed by atoms with van der Waals surface area (Å²) in [5, 5.41) is 1.43. The van der Waals surface area contributed by atoms with Crippen LogP contribution in [0.1, 0.15) is 18.4 Å². The second-order valence-electron chi connectivity index (χ2n) is 4.67. The summed E-state index contributed by atoms with van der Waals surface area (Å²) in [6.07, 6.45) is -6.53. The summed E-state index contributed by atoms with van der Waals surface area (Å²) < 4.78 is 87.3. The lowest BCUT2D eigenvalue weighted by atomic mass is 10.0. The molecule has 0 aliphatic rings. The number of amides is 1. The zero-order chi connectivity index (χ0) is 17.2. The minimum absolute atomic E-state index is 0.508. The van der Waals surface area contributed by atoms with Crippen LogP contribution in [-0.4, -0.2) is 30.5 Å². The predicted molar refractivity (Wildman–Crippen MR) is 63.8 cm³/mol. The number of halogens is 7. The first-order valence-electron chi connectivity index (χ1n) is 6.07. The number of hydrogen-bond acceptors (Lipinski definition) is 1. The molecular weight excluding hydrogens is 319 g/mol. The van der Waals surface area contributed by atoms with Crippen molar-refractivity contribution in [3.05, 3.63) is 35.9 Å². The van der Waals surface area contributed by atoms with Crippen LogP contribution in [0.15, 0.2) is 30.3 Å². The molecular formula is C13H12F7NO. The Balaban J connectivity index is 2.76. The lowest BCUT2D eigenvalue weighted by Gasteiger charge is -2.27. The largest absolute Gasteiger partial charge is 0.460 e. The molecule has 1 atom stereocenters. The van der Waals surface area contributed by atoms with Gasteiger partial charge in [0.2, 0.25) is 0 Å². The molecule has 0 fully saturated rings. The summed E-state index contributed by atoms with van der Waals surface area (Å²) in [5.41, 5.74) is 0.605. The van der Waals surface area contributed by atoms with Crippen LogP contribution in [0.5, 0.6) is 0 Å². The molecule has 124 valence electrons. The minimum atomic E-state index is -6.53. The van der Waals surface area contributed by atoms with Crippen molar-refractivity contribution < 1.29 is 35.5 Å². The smallest absolute Gasteiger partial charge is 0.350 e. The van der Waals surface area contributed by atoms with E-state index in [4.69, 9.17) is 0 Å². The summed E-state index contributed by atoms with van der Waals surface area (Å²) >= 11 is 0. The van der Waals surface area contributed by atoms with Gasteiger partial charge in [0.1, 0.15) is 0 Å². The average Bonchev–Trinajstić information content (AvgIpc) is 2.43. The van der Waals surface area contributed by atoms with E-state index in [1.165, 1.54) is 12.2 Å². The Morgan fingerprint density at radius 1 is 1.05 bits per heavy atom. The van der Waals surface area contributed by atoms with E-state index in [-0.39, 0.29) is 0 Å². The fraction of sp³-hybridized carbons (Fsp3) is 0.462. The van der Waals surface area contributed by atoms with Crippen molar-refractivity contribution in [2.45, 2.75) is 30.9 Å². The van der Waals surface area contributed by atoms with Crippen molar-refractivity contribution in [3.8, 4) is 0 Å². The van der Waals surface area contributed by atoms with E-state index in [1.54, 1.807) is 30.3 Å². The fourth-order valence-electron chi connectivity index (χ4n) is 1.58. The molecule has 1 aromatic carbocycles. The van der Waals surface area contributed by atoms with Gasteiger partial charge in [-0.1, -0.05) is 37.3 Å². The molecule has 0 bridgehead atoms. The lowest BCUT2D eigenvalue weighted by Crippen LogP contribution is -2.59. The Morgan fingerprint density at radius 2 is 1.55 bits per heavy atom. The topological polar surface area (TPSA) is 29.1 Å². The van der Waals surface area contributed by atoms with Crippen molar-refractivity contribution in [2.75, 3.05) is 6.54 Å². The number of alkyl halides is 7. The van der Waals surface area contributed by atoms with Gasteiger partial charge in [0.15, 0.2) is 0 Å². The summed E-state index contributed by atoms with van der Waals surface area (Å²) in [6.45, 7) is 0.988. The zero-order valence-electron chi connectivity index (χ0n) is 11.2. The molecule has 22 heavy (non-hydrogen) atoms. The van der Waals surface area contributed by atoms with Gasteiger partial charge in [0, 0.05) is 6.54 Å². The maximum Gasteiger partial charge on any atom is 0.460 e. The molecule has 1 aromatic rings. The molecule has 0 unspecified atom stereocenters. The molecule has 0 saturated heterocycles. The Labute approximate surface area is 121 Å². The van der Waals surface area contributed by atoms with Crippen LogP contribution in [-0.2, 0) is 4.79 Å². The first-order valence-corrected chi connectivity index (χ1v) is 6.07. The van der Waals surface area contributed by atoms with Gasteiger partial charge in [-0.05, 0) is 11.5 Å². The second-order valence-corrected chi connectivity index (χ2v) is 4.67. The van der Waals surface area contributed by atoms with Crippen molar-refractivity contribution in [3.63, 3.8) is 0 Å². The van der Waals surface area contributed by atoms with Gasteiger partial charge in [-0.15, -0.1) is 0 Å². The highest BCUT2D eigenvalue weighted by Gasteiger charge is 2.76. The van der Waals surface area contributed by atoms with E-state index in [0.29, 0.717) is 5.56 Å². The highest BCUT2D eigenvalue weighted by atomic mass is 19.4. The summed E-state index contributed by atoms with van der Waals surface area (Å²) in [5.74, 6) is -15.5. The van der Waals surface area contributed by atoms with Crippen LogP contribution in [0.4, 0.5) is 30.7 Å². The molecule has 0 aromatic heterocycles. The van der Waals surface area contributed by atoms with Gasteiger partial charge in [-0.2, -0.15) is 30.7 Å². The molecule has 1 N–H and O–H groups in total. The van der Waals surface area contributed by atoms with Gasteiger partial charge in [-0.3, -0.25) is 4.79 Å². The maximum absolute atomic E-state index is 13.1. The molecule has 1 rings (SSSR count). The standard InChI is InChI=1S/C13H12F7NO/c1-8(9-5-3-2-4-6-9)7-21-10(22)11(14,15)12(16,17)13(18,19)20/h2-6,8H,7H2,1H3,(H,21,22)/t8-/m0/s1. The first-order chi connectivity index (χ1) is 9.91. The maximum atomic E-state index is 13.1. The number of carbonyl (C=O) groups is 1. The Bertz CT molecular complexity index is 513. The van der Waals surface area contributed by atoms with E-state index in [2.05, 4.69) is 0 Å². The van der Waals surface area contributed by atoms with Crippen molar-refractivity contribution in [1.82, 2.24) is 5.32 Å². The molecule has 0 heterocycles. The fourth-order valence-corrected chi connectivity index (χ4v) is 1.58. The van der Waals surface area contributed by atoms with Crippen molar-refractivity contribution >= 4 is 5.91 Å². The molecule has 2 nitrogen and oxygen atoms in total. The third-order valence-corrected chi connectivity index (χ3v) is 2.97.